The van der Waals surface area contributed by atoms with Gasteiger partial charge in [-0.05, 0) is 24.3 Å². The summed E-state index contributed by atoms with van der Waals surface area (Å²) < 4.78 is 10.6. The van der Waals surface area contributed by atoms with Crippen LogP contribution in [0.1, 0.15) is 0 Å². The van der Waals surface area contributed by atoms with Gasteiger partial charge in [0.05, 0.1) is 0 Å². The van der Waals surface area contributed by atoms with Crippen LogP contribution in [0.15, 0.2) is 48.5 Å². The van der Waals surface area contributed by atoms with E-state index in [4.69, 9.17) is 9.47 Å². The second kappa shape index (κ2) is 6.35. The molecule has 0 unspecified atom stereocenters. The Kier molecular flexibility index (Phi) is 3.89. The van der Waals surface area contributed by atoms with Crippen LogP contribution in [0.5, 0.6) is 11.5 Å². The fourth-order valence-electron chi connectivity index (χ4n) is 2.92. The maximum absolute atomic E-state index is 12.6. The number of carbonyl (C=O) groups is 2. The number of ether oxygens (including phenoxy) is 2. The summed E-state index contributed by atoms with van der Waals surface area (Å²) in [6, 6.07) is 14.4. The van der Waals surface area contributed by atoms with E-state index in [-0.39, 0.29) is 25.3 Å². The van der Waals surface area contributed by atoms with E-state index >= 15 is 0 Å². The standard InChI is InChI=1S/C18H17N3O4/c22-17(19-13-4-2-1-3-5-13)11-20-8-9-21(18(20)23)14-6-7-15-16(10-14)25-12-24-15/h1-7,10H,8-9,11-12H2,(H,19,22). The number of anilines is 2. The van der Waals surface area contributed by atoms with Crippen LogP contribution in [0.4, 0.5) is 16.2 Å². The molecular weight excluding hydrogens is 322 g/mol. The molecule has 7 nitrogen and oxygen atoms in total. The Morgan fingerprint density at radius 1 is 1.04 bits per heavy atom. The van der Waals surface area contributed by atoms with Crippen LogP contribution in [0.25, 0.3) is 0 Å². The number of amides is 3. The van der Waals surface area contributed by atoms with Crippen molar-refractivity contribution in [3.63, 3.8) is 0 Å². The predicted octanol–water partition coefficient (Wildman–Crippen LogP) is 2.30. The van der Waals surface area contributed by atoms with Crippen molar-refractivity contribution >= 4 is 23.3 Å². The highest BCUT2D eigenvalue weighted by Crippen LogP contribution is 2.36. The molecule has 0 spiro atoms. The molecule has 25 heavy (non-hydrogen) atoms. The summed E-state index contributed by atoms with van der Waals surface area (Å²) in [6.07, 6.45) is 0. The van der Waals surface area contributed by atoms with Crippen molar-refractivity contribution in [2.24, 2.45) is 0 Å². The molecule has 128 valence electrons. The van der Waals surface area contributed by atoms with Gasteiger partial charge in [0.15, 0.2) is 11.5 Å². The van der Waals surface area contributed by atoms with Gasteiger partial charge in [0, 0.05) is 30.5 Å². The summed E-state index contributed by atoms with van der Waals surface area (Å²) in [7, 11) is 0. The molecule has 0 bridgehead atoms. The molecular formula is C18H17N3O4. The Morgan fingerprint density at radius 2 is 1.84 bits per heavy atom. The number of nitrogens with one attached hydrogen (secondary N) is 1. The zero-order valence-electron chi connectivity index (χ0n) is 13.5. The van der Waals surface area contributed by atoms with Crippen LogP contribution in [-0.2, 0) is 4.79 Å². The highest BCUT2D eigenvalue weighted by Gasteiger charge is 2.31. The van der Waals surface area contributed by atoms with Gasteiger partial charge >= 0.3 is 6.03 Å². The summed E-state index contributed by atoms with van der Waals surface area (Å²) >= 11 is 0. The molecule has 2 aromatic rings. The van der Waals surface area contributed by atoms with Gasteiger partial charge in [-0.1, -0.05) is 18.2 Å². The van der Waals surface area contributed by atoms with Crippen LogP contribution in [0.3, 0.4) is 0 Å². The van der Waals surface area contributed by atoms with Gasteiger partial charge in [0.2, 0.25) is 12.7 Å². The number of para-hydroxylation sites is 1. The molecule has 1 saturated heterocycles. The van der Waals surface area contributed by atoms with E-state index in [1.807, 2.05) is 36.4 Å². The minimum Gasteiger partial charge on any atom is -0.454 e. The van der Waals surface area contributed by atoms with Crippen molar-refractivity contribution < 1.29 is 19.1 Å². The number of hydrogen-bond donors (Lipinski definition) is 1. The molecule has 2 aromatic carbocycles. The third-order valence-corrected chi connectivity index (χ3v) is 4.15. The SMILES string of the molecule is O=C(CN1CCN(c2ccc3c(c2)OCO3)C1=O)Nc1ccccc1. The first-order chi connectivity index (χ1) is 12.2. The van der Waals surface area contributed by atoms with E-state index in [1.165, 1.54) is 4.90 Å². The normalized spacial score (nSPS) is 15.6. The molecule has 0 atom stereocenters. The van der Waals surface area contributed by atoms with E-state index in [0.29, 0.717) is 30.3 Å². The Labute approximate surface area is 144 Å². The molecule has 2 aliphatic heterocycles. The molecule has 2 aliphatic rings. The van der Waals surface area contributed by atoms with Gasteiger partial charge in [-0.2, -0.15) is 0 Å². The van der Waals surface area contributed by atoms with Crippen molar-refractivity contribution in [1.29, 1.82) is 0 Å². The Morgan fingerprint density at radius 3 is 2.68 bits per heavy atom. The Bertz CT molecular complexity index is 809. The third-order valence-electron chi connectivity index (χ3n) is 4.15. The highest BCUT2D eigenvalue weighted by atomic mass is 16.7. The van der Waals surface area contributed by atoms with Crippen LogP contribution >= 0.6 is 0 Å². The lowest BCUT2D eigenvalue weighted by atomic mass is 10.2. The van der Waals surface area contributed by atoms with Gasteiger partial charge in [0.25, 0.3) is 0 Å². The Balaban J connectivity index is 1.40. The molecule has 4 rings (SSSR count). The van der Waals surface area contributed by atoms with E-state index in [2.05, 4.69) is 5.32 Å². The largest absolute Gasteiger partial charge is 0.454 e. The first-order valence-corrected chi connectivity index (χ1v) is 8.02. The minimum atomic E-state index is -0.216. The number of benzene rings is 2. The highest BCUT2D eigenvalue weighted by molar-refractivity contribution is 5.99. The lowest BCUT2D eigenvalue weighted by Gasteiger charge is -2.18. The molecule has 1 fully saturated rings. The zero-order chi connectivity index (χ0) is 17.2. The quantitative estimate of drug-likeness (QED) is 0.928. The molecule has 2 heterocycles. The maximum atomic E-state index is 12.6. The van der Waals surface area contributed by atoms with E-state index in [1.54, 1.807) is 17.0 Å². The fraction of sp³-hybridized carbons (Fsp3) is 0.222. The molecule has 0 saturated carbocycles. The maximum Gasteiger partial charge on any atom is 0.325 e. The van der Waals surface area contributed by atoms with Crippen LogP contribution in [-0.4, -0.2) is 43.3 Å². The lowest BCUT2D eigenvalue weighted by molar-refractivity contribution is -0.116. The van der Waals surface area contributed by atoms with Crippen molar-refractivity contribution in [2.45, 2.75) is 0 Å². The second-order valence-corrected chi connectivity index (χ2v) is 5.81. The van der Waals surface area contributed by atoms with Gasteiger partial charge in [-0.15, -0.1) is 0 Å². The van der Waals surface area contributed by atoms with Crippen molar-refractivity contribution in [1.82, 2.24) is 4.90 Å². The van der Waals surface area contributed by atoms with Gasteiger partial charge < -0.3 is 19.7 Å². The van der Waals surface area contributed by atoms with Crippen LogP contribution in [0, 0.1) is 0 Å². The summed E-state index contributed by atoms with van der Waals surface area (Å²) in [5, 5.41) is 2.79. The molecule has 0 radical (unpaired) electrons. The fourth-order valence-corrected chi connectivity index (χ4v) is 2.92. The number of rotatable bonds is 4. The van der Waals surface area contributed by atoms with Gasteiger partial charge in [-0.25, -0.2) is 4.79 Å². The third kappa shape index (κ3) is 3.08. The molecule has 0 aliphatic carbocycles. The smallest absolute Gasteiger partial charge is 0.325 e. The zero-order valence-corrected chi connectivity index (χ0v) is 13.5. The summed E-state index contributed by atoms with van der Waals surface area (Å²) in [5.41, 5.74) is 1.45. The van der Waals surface area contributed by atoms with Gasteiger partial charge in [0.1, 0.15) is 6.54 Å². The van der Waals surface area contributed by atoms with Crippen LogP contribution < -0.4 is 19.7 Å². The van der Waals surface area contributed by atoms with Crippen molar-refractivity contribution in [2.75, 3.05) is 36.6 Å². The second-order valence-electron chi connectivity index (χ2n) is 5.81. The molecule has 0 aromatic heterocycles. The van der Waals surface area contributed by atoms with E-state index < -0.39 is 0 Å². The van der Waals surface area contributed by atoms with Crippen molar-refractivity contribution in [3.05, 3.63) is 48.5 Å². The first kappa shape index (κ1) is 15.3. The molecule has 1 N–H and O–H groups in total. The number of nitrogens with zero attached hydrogens (tertiary/aromatic N) is 2. The summed E-state index contributed by atoms with van der Waals surface area (Å²) in [4.78, 5) is 27.9. The number of fused-ring (bicyclic) bond motifs is 1. The minimum absolute atomic E-state index is 0.0226. The van der Waals surface area contributed by atoms with E-state index in [0.717, 1.165) is 5.69 Å². The molecule has 3 amide bonds. The number of urea groups is 1. The van der Waals surface area contributed by atoms with Crippen LogP contribution in [0.2, 0.25) is 0 Å². The topological polar surface area (TPSA) is 71.1 Å². The monoisotopic (exact) mass is 339 g/mol. The van der Waals surface area contributed by atoms with Gasteiger partial charge in [-0.3, -0.25) is 9.69 Å². The Hall–Kier alpha value is -3.22. The number of carbonyl (C=O) groups excluding carboxylic acids is 2. The average molecular weight is 339 g/mol. The predicted molar refractivity (Wildman–Crippen MR) is 92.0 cm³/mol. The lowest BCUT2D eigenvalue weighted by Crippen LogP contribution is -2.37. The first-order valence-electron chi connectivity index (χ1n) is 8.02. The number of hydrogen-bond acceptors (Lipinski definition) is 4. The van der Waals surface area contributed by atoms with E-state index in [9.17, 15) is 9.59 Å². The van der Waals surface area contributed by atoms with Crippen molar-refractivity contribution in [3.8, 4) is 11.5 Å². The summed E-state index contributed by atoms with van der Waals surface area (Å²) in [5.74, 6) is 1.09. The summed E-state index contributed by atoms with van der Waals surface area (Å²) in [6.45, 7) is 1.24. The molecule has 7 heteroatoms. The average Bonchev–Trinajstić information content (AvgIpc) is 3.22.